The molecule has 0 aromatic heterocycles. The smallest absolute Gasteiger partial charge is 0.306 e. The lowest BCUT2D eigenvalue weighted by molar-refractivity contribution is -0.140. The molecule has 0 aliphatic carbocycles. The van der Waals surface area contributed by atoms with E-state index in [1.807, 2.05) is 0 Å². The highest BCUT2D eigenvalue weighted by Gasteiger charge is 2.08. The van der Waals surface area contributed by atoms with E-state index in [4.69, 9.17) is 5.11 Å². The van der Waals surface area contributed by atoms with Gasteiger partial charge in [-0.1, -0.05) is 13.3 Å². The van der Waals surface area contributed by atoms with Crippen LogP contribution >= 0.6 is 11.8 Å². The van der Waals surface area contributed by atoms with Crippen LogP contribution in [0.2, 0.25) is 0 Å². The van der Waals surface area contributed by atoms with Crippen molar-refractivity contribution in [3.63, 3.8) is 0 Å². The maximum atomic E-state index is 10.8. The van der Waals surface area contributed by atoms with Gasteiger partial charge in [0.25, 0.3) is 0 Å². The Morgan fingerprint density at radius 2 is 2.21 bits per heavy atom. The van der Waals surface area contributed by atoms with Crippen molar-refractivity contribution < 1.29 is 14.6 Å². The van der Waals surface area contributed by atoms with Gasteiger partial charge in [0, 0.05) is 17.6 Å². The Hall–Kier alpha value is -0.220. The number of carbonyl (C=O) groups excluding carboxylic acids is 1. The fourth-order valence-electron chi connectivity index (χ4n) is 1.19. The monoisotopic (exact) mass is 220 g/mol. The first kappa shape index (κ1) is 13.8. The van der Waals surface area contributed by atoms with Gasteiger partial charge in [0.15, 0.2) is 0 Å². The predicted molar refractivity (Wildman–Crippen MR) is 59.5 cm³/mol. The highest BCUT2D eigenvalue weighted by Crippen LogP contribution is 2.20. The van der Waals surface area contributed by atoms with Crippen LogP contribution in [0, 0.1) is 0 Å². The molecule has 0 amide bonds. The third kappa shape index (κ3) is 7.21. The first-order chi connectivity index (χ1) is 6.74. The van der Waals surface area contributed by atoms with E-state index in [1.165, 1.54) is 7.11 Å². The van der Waals surface area contributed by atoms with Gasteiger partial charge in [-0.2, -0.15) is 11.8 Å². The number of hydrogen-bond donors (Lipinski definition) is 1. The van der Waals surface area contributed by atoms with E-state index >= 15 is 0 Å². The summed E-state index contributed by atoms with van der Waals surface area (Å²) in [6.07, 6.45) is 3.51. The molecular formula is C10H20O3S. The molecule has 84 valence electrons. The predicted octanol–water partition coefficient (Wildman–Crippen LogP) is 1.83. The fourth-order valence-corrected chi connectivity index (χ4v) is 2.48. The Kier molecular flexibility index (Phi) is 9.19. The minimum atomic E-state index is -0.156. The van der Waals surface area contributed by atoms with E-state index in [0.717, 1.165) is 25.0 Å². The number of rotatable bonds is 8. The number of hydrogen-bond acceptors (Lipinski definition) is 4. The lowest BCUT2D eigenvalue weighted by atomic mass is 10.2. The number of thioether (sulfide) groups is 1. The minimum Gasteiger partial charge on any atom is -0.469 e. The summed E-state index contributed by atoms with van der Waals surface area (Å²) >= 11 is 1.75. The van der Waals surface area contributed by atoms with Crippen LogP contribution in [0.3, 0.4) is 0 Å². The molecule has 0 rings (SSSR count). The number of aliphatic hydroxyl groups excluding tert-OH is 1. The number of aliphatic hydroxyl groups is 1. The van der Waals surface area contributed by atoms with E-state index in [0.29, 0.717) is 11.7 Å². The first-order valence-corrected chi connectivity index (χ1v) is 6.08. The third-order valence-electron chi connectivity index (χ3n) is 1.95. The quantitative estimate of drug-likeness (QED) is 0.634. The SMILES string of the molecule is CCCC(CCO)SCCC(=O)OC. The minimum absolute atomic E-state index is 0.156. The second kappa shape index (κ2) is 9.34. The lowest BCUT2D eigenvalue weighted by Gasteiger charge is -2.13. The molecule has 0 aliphatic rings. The molecule has 0 radical (unpaired) electrons. The normalized spacial score (nSPS) is 12.5. The molecule has 0 aliphatic heterocycles. The highest BCUT2D eigenvalue weighted by molar-refractivity contribution is 7.99. The number of methoxy groups -OCH3 is 1. The second-order valence-electron chi connectivity index (χ2n) is 3.12. The van der Waals surface area contributed by atoms with Gasteiger partial charge in [-0.05, 0) is 12.8 Å². The van der Waals surface area contributed by atoms with Crippen LogP contribution in [0.15, 0.2) is 0 Å². The zero-order valence-electron chi connectivity index (χ0n) is 8.99. The summed E-state index contributed by atoms with van der Waals surface area (Å²) in [7, 11) is 1.41. The largest absolute Gasteiger partial charge is 0.469 e. The van der Waals surface area contributed by atoms with Gasteiger partial charge in [-0.15, -0.1) is 0 Å². The molecule has 1 unspecified atom stereocenters. The van der Waals surface area contributed by atoms with Crippen molar-refractivity contribution in [2.75, 3.05) is 19.5 Å². The van der Waals surface area contributed by atoms with Crippen molar-refractivity contribution in [1.82, 2.24) is 0 Å². The van der Waals surface area contributed by atoms with Gasteiger partial charge in [0.2, 0.25) is 0 Å². The molecule has 1 atom stereocenters. The molecule has 0 spiro atoms. The summed E-state index contributed by atoms with van der Waals surface area (Å²) in [6, 6.07) is 0. The summed E-state index contributed by atoms with van der Waals surface area (Å²) in [5.74, 6) is 0.633. The summed E-state index contributed by atoms with van der Waals surface area (Å²) in [4.78, 5) is 10.8. The van der Waals surface area contributed by atoms with Gasteiger partial charge in [-0.25, -0.2) is 0 Å². The molecule has 0 fully saturated rings. The molecular weight excluding hydrogens is 200 g/mol. The third-order valence-corrected chi connectivity index (χ3v) is 3.33. The molecule has 0 aromatic carbocycles. The van der Waals surface area contributed by atoms with Crippen molar-refractivity contribution in [3.05, 3.63) is 0 Å². The summed E-state index contributed by atoms with van der Waals surface area (Å²) in [5, 5.41) is 9.29. The number of esters is 1. The first-order valence-electron chi connectivity index (χ1n) is 5.03. The topological polar surface area (TPSA) is 46.5 Å². The maximum Gasteiger partial charge on any atom is 0.306 e. The van der Waals surface area contributed by atoms with Crippen LogP contribution in [-0.4, -0.2) is 35.8 Å². The Bertz CT molecular complexity index is 144. The Morgan fingerprint density at radius 3 is 2.71 bits per heavy atom. The van der Waals surface area contributed by atoms with E-state index in [-0.39, 0.29) is 12.6 Å². The Balaban J connectivity index is 3.54. The summed E-state index contributed by atoms with van der Waals surface area (Å²) in [5.41, 5.74) is 0. The van der Waals surface area contributed by atoms with E-state index in [2.05, 4.69) is 11.7 Å². The van der Waals surface area contributed by atoms with Gasteiger partial charge < -0.3 is 9.84 Å². The van der Waals surface area contributed by atoms with Crippen LogP contribution in [0.25, 0.3) is 0 Å². The molecule has 1 N–H and O–H groups in total. The summed E-state index contributed by atoms with van der Waals surface area (Å²) < 4.78 is 4.55. The van der Waals surface area contributed by atoms with Crippen LogP contribution in [0.1, 0.15) is 32.6 Å². The van der Waals surface area contributed by atoms with Crippen LogP contribution in [-0.2, 0) is 9.53 Å². The van der Waals surface area contributed by atoms with Crippen LogP contribution in [0.5, 0.6) is 0 Å². The van der Waals surface area contributed by atoms with Crippen LogP contribution < -0.4 is 0 Å². The average Bonchev–Trinajstić information content (AvgIpc) is 2.18. The van der Waals surface area contributed by atoms with Gasteiger partial charge in [0.05, 0.1) is 13.5 Å². The molecule has 4 heteroatoms. The van der Waals surface area contributed by atoms with Crippen LogP contribution in [0.4, 0.5) is 0 Å². The van der Waals surface area contributed by atoms with Crippen molar-refractivity contribution in [3.8, 4) is 0 Å². The van der Waals surface area contributed by atoms with E-state index < -0.39 is 0 Å². The van der Waals surface area contributed by atoms with Gasteiger partial charge in [0.1, 0.15) is 0 Å². The lowest BCUT2D eigenvalue weighted by Crippen LogP contribution is -2.08. The van der Waals surface area contributed by atoms with E-state index in [1.54, 1.807) is 11.8 Å². The van der Waals surface area contributed by atoms with Crippen molar-refractivity contribution >= 4 is 17.7 Å². The van der Waals surface area contributed by atoms with Crippen molar-refractivity contribution in [2.24, 2.45) is 0 Å². The molecule has 0 saturated heterocycles. The Morgan fingerprint density at radius 1 is 1.50 bits per heavy atom. The van der Waals surface area contributed by atoms with Gasteiger partial charge >= 0.3 is 5.97 Å². The zero-order valence-corrected chi connectivity index (χ0v) is 9.81. The van der Waals surface area contributed by atoms with Gasteiger partial charge in [-0.3, -0.25) is 4.79 Å². The second-order valence-corrected chi connectivity index (χ2v) is 4.53. The molecule has 0 saturated carbocycles. The molecule has 0 aromatic rings. The fraction of sp³-hybridized carbons (Fsp3) is 0.900. The number of carbonyl (C=O) groups is 1. The molecule has 0 bridgehead atoms. The molecule has 0 heterocycles. The maximum absolute atomic E-state index is 10.8. The zero-order chi connectivity index (χ0) is 10.8. The van der Waals surface area contributed by atoms with E-state index in [9.17, 15) is 4.79 Å². The standard InChI is InChI=1S/C10H20O3S/c1-3-4-9(5-7-11)14-8-6-10(12)13-2/h9,11H,3-8H2,1-2H3. The average molecular weight is 220 g/mol. The Labute approximate surface area is 90.2 Å². The highest BCUT2D eigenvalue weighted by atomic mass is 32.2. The summed E-state index contributed by atoms with van der Waals surface area (Å²) in [6.45, 7) is 2.36. The number of ether oxygens (including phenoxy) is 1. The molecule has 14 heavy (non-hydrogen) atoms. The molecule has 3 nitrogen and oxygen atoms in total. The van der Waals surface area contributed by atoms with Crippen molar-refractivity contribution in [2.45, 2.75) is 37.9 Å². The van der Waals surface area contributed by atoms with Crippen molar-refractivity contribution in [1.29, 1.82) is 0 Å².